The zero-order valence-electron chi connectivity index (χ0n) is 16.1. The highest BCUT2D eigenvalue weighted by atomic mass is 16.6. The highest BCUT2D eigenvalue weighted by molar-refractivity contribution is 6.23. The van der Waals surface area contributed by atoms with Crippen molar-refractivity contribution in [2.75, 3.05) is 4.90 Å². The Bertz CT molecular complexity index is 1250. The molecule has 1 fully saturated rings. The summed E-state index contributed by atoms with van der Waals surface area (Å²) in [5.74, 6) is -2.91. The molecule has 3 aromatic rings. The van der Waals surface area contributed by atoms with E-state index in [0.29, 0.717) is 11.1 Å². The molecule has 7 heteroatoms. The largest absolute Gasteiger partial charge is 0.379 e. The van der Waals surface area contributed by atoms with E-state index in [1.54, 1.807) is 0 Å². The van der Waals surface area contributed by atoms with Crippen LogP contribution in [0.15, 0.2) is 72.8 Å². The number of non-ortho nitro benzene ring substituents is 1. The monoisotopic (exact) mass is 412 g/mol. The van der Waals surface area contributed by atoms with Crippen LogP contribution in [0, 0.1) is 22.0 Å². The van der Waals surface area contributed by atoms with Crippen LogP contribution >= 0.6 is 0 Å². The maximum atomic E-state index is 13.6. The minimum absolute atomic E-state index is 0.126. The Labute approximate surface area is 176 Å². The standard InChI is InChI=1S/C24H16N2O5/c27-22-20-19-15-5-1-3-7-17(15)24(29,18-8-4-2-6-16(18)19)21(20)23(28)25(22)13-9-11-14(12-10-13)26(30)31/h1-12,19-21,29H. The molecule has 1 heterocycles. The van der Waals surface area contributed by atoms with Gasteiger partial charge in [-0.1, -0.05) is 48.5 Å². The SMILES string of the molecule is O=C1C2C3c4ccccc4C(O)(c4ccccc43)C2C(=O)N1c1ccc([N+](=O)[O-])cc1. The van der Waals surface area contributed by atoms with Gasteiger partial charge in [0.05, 0.1) is 22.4 Å². The van der Waals surface area contributed by atoms with E-state index < -0.39 is 34.2 Å². The van der Waals surface area contributed by atoms with Gasteiger partial charge >= 0.3 is 0 Å². The number of nitrogens with zero attached hydrogens (tertiary/aromatic N) is 2. The Morgan fingerprint density at radius 3 is 1.94 bits per heavy atom. The predicted octanol–water partition coefficient (Wildman–Crippen LogP) is 3.10. The number of hydrogen-bond acceptors (Lipinski definition) is 5. The lowest BCUT2D eigenvalue weighted by molar-refractivity contribution is -0.384. The van der Waals surface area contributed by atoms with E-state index in [1.807, 2.05) is 48.5 Å². The Kier molecular flexibility index (Phi) is 3.40. The minimum Gasteiger partial charge on any atom is -0.379 e. The van der Waals surface area contributed by atoms with Gasteiger partial charge in [0.1, 0.15) is 5.60 Å². The number of imide groups is 1. The molecular weight excluding hydrogens is 396 g/mol. The predicted molar refractivity (Wildman–Crippen MR) is 110 cm³/mol. The van der Waals surface area contributed by atoms with Gasteiger partial charge in [0, 0.05) is 18.1 Å². The summed E-state index contributed by atoms with van der Waals surface area (Å²) in [6.07, 6.45) is 0. The summed E-state index contributed by atoms with van der Waals surface area (Å²) in [4.78, 5) is 38.7. The molecule has 2 amide bonds. The lowest BCUT2D eigenvalue weighted by Crippen LogP contribution is -2.53. The van der Waals surface area contributed by atoms with Gasteiger partial charge in [-0.25, -0.2) is 4.90 Å². The zero-order valence-corrected chi connectivity index (χ0v) is 16.1. The van der Waals surface area contributed by atoms with Crippen molar-refractivity contribution < 1.29 is 19.6 Å². The summed E-state index contributed by atoms with van der Waals surface area (Å²) < 4.78 is 0. The summed E-state index contributed by atoms with van der Waals surface area (Å²) in [6, 6.07) is 20.2. The molecule has 0 aromatic heterocycles. The van der Waals surface area contributed by atoms with Crippen LogP contribution in [0.1, 0.15) is 28.2 Å². The van der Waals surface area contributed by atoms with Gasteiger partial charge in [-0.3, -0.25) is 19.7 Å². The fourth-order valence-corrected chi connectivity index (χ4v) is 5.71. The van der Waals surface area contributed by atoms with Gasteiger partial charge in [0.25, 0.3) is 5.69 Å². The molecule has 1 aliphatic heterocycles. The number of aliphatic hydroxyl groups is 1. The van der Waals surface area contributed by atoms with Crippen molar-refractivity contribution in [2.24, 2.45) is 11.8 Å². The van der Waals surface area contributed by atoms with Gasteiger partial charge in [-0.05, 0) is 34.4 Å². The van der Waals surface area contributed by atoms with Crippen molar-refractivity contribution in [2.45, 2.75) is 11.5 Å². The lowest BCUT2D eigenvalue weighted by atomic mass is 9.52. The smallest absolute Gasteiger partial charge is 0.269 e. The van der Waals surface area contributed by atoms with Gasteiger partial charge in [-0.2, -0.15) is 0 Å². The fraction of sp³-hybridized carbons (Fsp3) is 0.167. The first-order chi connectivity index (χ1) is 14.9. The number of nitro benzene ring substituents is 1. The number of carbonyl (C=O) groups is 2. The second-order valence-corrected chi connectivity index (χ2v) is 8.21. The molecule has 2 bridgehead atoms. The first kappa shape index (κ1) is 18.0. The molecule has 31 heavy (non-hydrogen) atoms. The first-order valence-corrected chi connectivity index (χ1v) is 9.98. The number of carbonyl (C=O) groups excluding carboxylic acids is 2. The summed E-state index contributed by atoms with van der Waals surface area (Å²) in [5.41, 5.74) is 1.56. The minimum atomic E-state index is -1.62. The second kappa shape index (κ2) is 5.86. The molecule has 0 saturated carbocycles. The normalized spacial score (nSPS) is 27.6. The Balaban J connectivity index is 1.55. The molecule has 3 aliphatic carbocycles. The second-order valence-electron chi connectivity index (χ2n) is 8.21. The molecule has 0 radical (unpaired) electrons. The van der Waals surface area contributed by atoms with E-state index in [-0.39, 0.29) is 17.3 Å². The van der Waals surface area contributed by atoms with Crippen LogP contribution in [0.2, 0.25) is 0 Å². The molecule has 0 spiro atoms. The summed E-state index contributed by atoms with van der Waals surface area (Å²) >= 11 is 0. The third-order valence-corrected chi connectivity index (χ3v) is 6.89. The molecule has 7 rings (SSSR count). The average molecular weight is 412 g/mol. The molecule has 1 N–H and O–H groups in total. The van der Waals surface area contributed by atoms with Crippen LogP contribution in [-0.2, 0) is 15.2 Å². The Morgan fingerprint density at radius 2 is 1.39 bits per heavy atom. The maximum Gasteiger partial charge on any atom is 0.269 e. The van der Waals surface area contributed by atoms with Crippen molar-refractivity contribution in [1.82, 2.24) is 0 Å². The number of rotatable bonds is 2. The molecular formula is C24H16N2O5. The van der Waals surface area contributed by atoms with Gasteiger partial charge in [-0.15, -0.1) is 0 Å². The van der Waals surface area contributed by atoms with Gasteiger partial charge in [0.15, 0.2) is 0 Å². The van der Waals surface area contributed by atoms with E-state index in [2.05, 4.69) is 0 Å². The van der Waals surface area contributed by atoms with Crippen molar-refractivity contribution >= 4 is 23.2 Å². The summed E-state index contributed by atoms with van der Waals surface area (Å²) in [5, 5.41) is 23.1. The van der Waals surface area contributed by atoms with Crippen LogP contribution in [0.5, 0.6) is 0 Å². The molecule has 3 aromatic carbocycles. The number of benzene rings is 3. The van der Waals surface area contributed by atoms with Gasteiger partial charge in [0.2, 0.25) is 11.8 Å². The van der Waals surface area contributed by atoms with Crippen LogP contribution in [0.3, 0.4) is 0 Å². The van der Waals surface area contributed by atoms with E-state index in [0.717, 1.165) is 16.0 Å². The quantitative estimate of drug-likeness (QED) is 0.396. The van der Waals surface area contributed by atoms with E-state index >= 15 is 0 Å². The van der Waals surface area contributed by atoms with Crippen LogP contribution < -0.4 is 4.90 Å². The molecule has 1 saturated heterocycles. The Hall–Kier alpha value is -3.84. The highest BCUT2D eigenvalue weighted by Gasteiger charge is 2.68. The highest BCUT2D eigenvalue weighted by Crippen LogP contribution is 2.63. The van der Waals surface area contributed by atoms with Crippen LogP contribution in [-0.4, -0.2) is 21.8 Å². The maximum absolute atomic E-state index is 13.6. The number of nitro groups is 1. The molecule has 4 aliphatic rings. The molecule has 152 valence electrons. The molecule has 2 unspecified atom stereocenters. The number of hydrogen-bond donors (Lipinski definition) is 1. The summed E-state index contributed by atoms with van der Waals surface area (Å²) in [7, 11) is 0. The van der Waals surface area contributed by atoms with Crippen LogP contribution in [0.4, 0.5) is 11.4 Å². The molecule has 7 nitrogen and oxygen atoms in total. The van der Waals surface area contributed by atoms with Crippen molar-refractivity contribution in [3.05, 3.63) is 105 Å². The number of amides is 2. The van der Waals surface area contributed by atoms with E-state index in [4.69, 9.17) is 0 Å². The van der Waals surface area contributed by atoms with E-state index in [1.165, 1.54) is 24.3 Å². The zero-order chi connectivity index (χ0) is 21.5. The first-order valence-electron chi connectivity index (χ1n) is 9.98. The fourth-order valence-electron chi connectivity index (χ4n) is 5.71. The van der Waals surface area contributed by atoms with Crippen LogP contribution in [0.25, 0.3) is 0 Å². The van der Waals surface area contributed by atoms with Gasteiger partial charge < -0.3 is 5.11 Å². The third kappa shape index (κ3) is 2.06. The van der Waals surface area contributed by atoms with Crippen molar-refractivity contribution in [3.63, 3.8) is 0 Å². The average Bonchev–Trinajstić information content (AvgIpc) is 3.06. The Morgan fingerprint density at radius 1 is 0.839 bits per heavy atom. The molecule has 2 atom stereocenters. The summed E-state index contributed by atoms with van der Waals surface area (Å²) in [6.45, 7) is 0. The van der Waals surface area contributed by atoms with Crippen molar-refractivity contribution in [1.29, 1.82) is 0 Å². The lowest BCUT2D eigenvalue weighted by Gasteiger charge is -2.51. The van der Waals surface area contributed by atoms with E-state index in [9.17, 15) is 24.8 Å². The number of anilines is 1. The van der Waals surface area contributed by atoms with Crippen molar-refractivity contribution in [3.8, 4) is 0 Å². The topological polar surface area (TPSA) is 101 Å². The third-order valence-electron chi connectivity index (χ3n) is 6.89.